The number of rotatable bonds is 2. The van der Waals surface area contributed by atoms with Crippen LogP contribution in [0.4, 0.5) is 19.0 Å². The summed E-state index contributed by atoms with van der Waals surface area (Å²) in [6, 6.07) is 4.71. The Morgan fingerprint density at radius 1 is 1.35 bits per heavy atom. The lowest BCUT2D eigenvalue weighted by Crippen LogP contribution is -2.27. The Morgan fingerprint density at radius 2 is 2.09 bits per heavy atom. The molecule has 2 N–H and O–H groups in total. The van der Waals surface area contributed by atoms with Gasteiger partial charge in [-0.3, -0.25) is 9.89 Å². The van der Waals surface area contributed by atoms with Crippen molar-refractivity contribution in [1.82, 2.24) is 15.1 Å². The van der Waals surface area contributed by atoms with Crippen LogP contribution in [0.15, 0.2) is 24.3 Å². The first-order chi connectivity index (χ1) is 10.9. The molecule has 1 aromatic heterocycles. The van der Waals surface area contributed by atoms with Gasteiger partial charge in [-0.1, -0.05) is 12.1 Å². The van der Waals surface area contributed by atoms with E-state index in [1.807, 2.05) is 7.05 Å². The highest BCUT2D eigenvalue weighted by Crippen LogP contribution is 2.32. The molecule has 0 aliphatic carbocycles. The molecule has 0 saturated heterocycles. The molecule has 0 atom stereocenters. The molecule has 8 heteroatoms. The topological polar surface area (TPSA) is 61.0 Å². The number of anilines is 1. The van der Waals surface area contributed by atoms with Crippen LogP contribution in [0.3, 0.4) is 0 Å². The molecule has 3 rings (SSSR count). The minimum Gasteiger partial charge on any atom is -0.305 e. The number of amides is 1. The van der Waals surface area contributed by atoms with Crippen LogP contribution in [0.5, 0.6) is 0 Å². The largest absolute Gasteiger partial charge is 0.417 e. The maximum absolute atomic E-state index is 13.0. The van der Waals surface area contributed by atoms with Gasteiger partial charge in [-0.05, 0) is 25.6 Å². The first-order valence-corrected chi connectivity index (χ1v) is 7.08. The van der Waals surface area contributed by atoms with Crippen LogP contribution in [0.2, 0.25) is 0 Å². The number of halogens is 3. The molecule has 23 heavy (non-hydrogen) atoms. The minimum absolute atomic E-state index is 0.301. The summed E-state index contributed by atoms with van der Waals surface area (Å²) in [4.78, 5) is 14.3. The fraction of sp³-hybridized carbons (Fsp3) is 0.333. The van der Waals surface area contributed by atoms with Crippen LogP contribution < -0.4 is 5.32 Å². The predicted octanol–water partition coefficient (Wildman–Crippen LogP) is 2.67. The molecule has 2 aromatic rings. The number of hydrogen-bond acceptors (Lipinski definition) is 3. The molecule has 1 aromatic carbocycles. The smallest absolute Gasteiger partial charge is 0.305 e. The molecule has 0 radical (unpaired) electrons. The van der Waals surface area contributed by atoms with Crippen molar-refractivity contribution in [3.8, 4) is 0 Å². The third-order valence-corrected chi connectivity index (χ3v) is 3.83. The number of H-pyrrole nitrogens is 1. The van der Waals surface area contributed by atoms with Gasteiger partial charge in [0, 0.05) is 18.7 Å². The molecular formula is C15H15F3N4O. The van der Waals surface area contributed by atoms with Gasteiger partial charge < -0.3 is 10.2 Å². The van der Waals surface area contributed by atoms with Gasteiger partial charge in [0.2, 0.25) is 0 Å². The summed E-state index contributed by atoms with van der Waals surface area (Å²) in [5.41, 5.74) is 0.352. The van der Waals surface area contributed by atoms with Crippen LogP contribution >= 0.6 is 0 Å². The van der Waals surface area contributed by atoms with E-state index in [4.69, 9.17) is 0 Å². The SMILES string of the molecule is CN1CCc2c(NC(=O)c3ccccc3C(F)(F)F)n[nH]c2C1. The predicted molar refractivity (Wildman–Crippen MR) is 78.0 cm³/mol. The Balaban J connectivity index is 1.87. The molecule has 0 bridgehead atoms. The average molecular weight is 324 g/mol. The molecule has 0 spiro atoms. The molecule has 1 aliphatic heterocycles. The Labute approximate surface area is 130 Å². The van der Waals surface area contributed by atoms with Gasteiger partial charge in [0.05, 0.1) is 16.8 Å². The summed E-state index contributed by atoms with van der Waals surface area (Å²) in [6.07, 6.45) is -3.90. The Hall–Kier alpha value is -2.35. The van der Waals surface area contributed by atoms with Gasteiger partial charge in [-0.2, -0.15) is 18.3 Å². The van der Waals surface area contributed by atoms with Gasteiger partial charge in [-0.25, -0.2) is 0 Å². The minimum atomic E-state index is -4.58. The van der Waals surface area contributed by atoms with Crippen molar-refractivity contribution < 1.29 is 18.0 Å². The van der Waals surface area contributed by atoms with Gasteiger partial charge in [-0.15, -0.1) is 0 Å². The van der Waals surface area contributed by atoms with E-state index in [0.29, 0.717) is 18.8 Å². The number of likely N-dealkylation sites (N-methyl/N-ethyl adjacent to an activating group) is 1. The summed E-state index contributed by atoms with van der Waals surface area (Å²) >= 11 is 0. The number of aromatic nitrogens is 2. The van der Waals surface area contributed by atoms with Gasteiger partial charge in [0.1, 0.15) is 0 Å². The summed E-state index contributed by atoms with van der Waals surface area (Å²) < 4.78 is 39.0. The molecule has 1 aliphatic rings. The number of carbonyl (C=O) groups excluding carboxylic acids is 1. The van der Waals surface area contributed by atoms with Crippen LogP contribution in [0.25, 0.3) is 0 Å². The van der Waals surface area contributed by atoms with E-state index in [1.165, 1.54) is 12.1 Å². The lowest BCUT2D eigenvalue weighted by molar-refractivity contribution is -0.137. The summed E-state index contributed by atoms with van der Waals surface area (Å²) in [5, 5.41) is 9.35. The fourth-order valence-electron chi connectivity index (χ4n) is 2.66. The molecule has 2 heterocycles. The van der Waals surface area contributed by atoms with E-state index >= 15 is 0 Å². The van der Waals surface area contributed by atoms with Crippen molar-refractivity contribution in [2.75, 3.05) is 18.9 Å². The van der Waals surface area contributed by atoms with Gasteiger partial charge >= 0.3 is 6.18 Å². The second-order valence-corrected chi connectivity index (χ2v) is 5.51. The van der Waals surface area contributed by atoms with E-state index in [0.717, 1.165) is 29.9 Å². The summed E-state index contributed by atoms with van der Waals surface area (Å²) in [7, 11) is 1.96. The highest BCUT2D eigenvalue weighted by molar-refractivity contribution is 6.05. The van der Waals surface area contributed by atoms with Crippen molar-refractivity contribution >= 4 is 11.7 Å². The lowest BCUT2D eigenvalue weighted by atomic mass is 10.1. The monoisotopic (exact) mass is 324 g/mol. The van der Waals surface area contributed by atoms with E-state index in [2.05, 4.69) is 20.4 Å². The molecule has 1 amide bonds. The highest BCUT2D eigenvalue weighted by Gasteiger charge is 2.35. The Kier molecular flexibility index (Phi) is 3.85. The zero-order valence-electron chi connectivity index (χ0n) is 12.4. The zero-order valence-corrected chi connectivity index (χ0v) is 12.4. The average Bonchev–Trinajstić information content (AvgIpc) is 2.88. The number of carbonyl (C=O) groups is 1. The van der Waals surface area contributed by atoms with E-state index in [1.54, 1.807) is 0 Å². The van der Waals surface area contributed by atoms with Crippen LogP contribution in [-0.4, -0.2) is 34.6 Å². The molecule has 5 nitrogen and oxygen atoms in total. The summed E-state index contributed by atoms with van der Waals surface area (Å²) in [6.45, 7) is 1.46. The van der Waals surface area contributed by atoms with Crippen LogP contribution in [0.1, 0.15) is 27.2 Å². The normalized spacial score (nSPS) is 15.3. The van der Waals surface area contributed by atoms with Crippen molar-refractivity contribution in [3.05, 3.63) is 46.6 Å². The van der Waals surface area contributed by atoms with Crippen molar-refractivity contribution in [3.63, 3.8) is 0 Å². The van der Waals surface area contributed by atoms with Crippen molar-refractivity contribution in [2.45, 2.75) is 19.1 Å². The van der Waals surface area contributed by atoms with Crippen molar-refractivity contribution in [2.24, 2.45) is 0 Å². The zero-order chi connectivity index (χ0) is 16.6. The number of benzene rings is 1. The Morgan fingerprint density at radius 3 is 2.83 bits per heavy atom. The van der Waals surface area contributed by atoms with E-state index < -0.39 is 23.2 Å². The summed E-state index contributed by atoms with van der Waals surface area (Å²) in [5.74, 6) is -0.513. The maximum atomic E-state index is 13.0. The first-order valence-electron chi connectivity index (χ1n) is 7.08. The third-order valence-electron chi connectivity index (χ3n) is 3.83. The molecule has 0 saturated carbocycles. The fourth-order valence-corrected chi connectivity index (χ4v) is 2.66. The second kappa shape index (κ2) is 5.69. The quantitative estimate of drug-likeness (QED) is 0.893. The van der Waals surface area contributed by atoms with E-state index in [-0.39, 0.29) is 0 Å². The Bertz CT molecular complexity index is 739. The van der Waals surface area contributed by atoms with E-state index in [9.17, 15) is 18.0 Å². The molecular weight excluding hydrogens is 309 g/mol. The van der Waals surface area contributed by atoms with Crippen LogP contribution in [0, 0.1) is 0 Å². The number of nitrogens with one attached hydrogen (secondary N) is 2. The second-order valence-electron chi connectivity index (χ2n) is 5.51. The lowest BCUT2D eigenvalue weighted by Gasteiger charge is -2.22. The van der Waals surface area contributed by atoms with Gasteiger partial charge in [0.25, 0.3) is 5.91 Å². The number of nitrogens with zero attached hydrogens (tertiary/aromatic N) is 2. The molecule has 122 valence electrons. The maximum Gasteiger partial charge on any atom is 0.417 e. The number of aromatic amines is 1. The highest BCUT2D eigenvalue weighted by atomic mass is 19.4. The third kappa shape index (κ3) is 3.07. The standard InChI is InChI=1S/C15H15F3N4O/c1-22-7-6-10-12(8-22)20-21-13(10)19-14(23)9-4-2-3-5-11(9)15(16,17)18/h2-5H,6-8H2,1H3,(H2,19,20,21,23). The molecule has 0 fully saturated rings. The number of fused-ring (bicyclic) bond motifs is 1. The first kappa shape index (κ1) is 15.5. The van der Waals surface area contributed by atoms with Crippen molar-refractivity contribution in [1.29, 1.82) is 0 Å². The van der Waals surface area contributed by atoms with Crippen LogP contribution in [-0.2, 0) is 19.1 Å². The number of hydrogen-bond donors (Lipinski definition) is 2. The molecule has 0 unspecified atom stereocenters. The van der Waals surface area contributed by atoms with Gasteiger partial charge in [0.15, 0.2) is 5.82 Å². The number of alkyl halides is 3.